The van der Waals surface area contributed by atoms with Crippen LogP contribution in [0.3, 0.4) is 0 Å². The predicted octanol–water partition coefficient (Wildman–Crippen LogP) is 5.66. The lowest BCUT2D eigenvalue weighted by Crippen LogP contribution is -2.46. The summed E-state index contributed by atoms with van der Waals surface area (Å²) in [5.41, 5.74) is 2.25. The Balaban J connectivity index is 1.37. The summed E-state index contributed by atoms with van der Waals surface area (Å²) in [6.07, 6.45) is -1.68. The van der Waals surface area contributed by atoms with Gasteiger partial charge in [-0.2, -0.15) is 0 Å². The Morgan fingerprint density at radius 1 is 0.897 bits per heavy atom. The van der Waals surface area contributed by atoms with Gasteiger partial charge in [0, 0.05) is 12.2 Å². The van der Waals surface area contributed by atoms with Gasteiger partial charge in [0.1, 0.15) is 11.6 Å². The summed E-state index contributed by atoms with van der Waals surface area (Å²) in [6.45, 7) is 0.0642. The second-order valence-electron chi connectivity index (χ2n) is 8.90. The lowest BCUT2D eigenvalue weighted by atomic mass is 10.00. The maximum atomic E-state index is 13.8. The van der Waals surface area contributed by atoms with Gasteiger partial charge in [-0.05, 0) is 64.5 Å². The monoisotopic (exact) mass is 547 g/mol. The lowest BCUT2D eigenvalue weighted by Gasteiger charge is -2.24. The molecule has 1 aliphatic rings. The molecular weight excluding hydrogens is 524 g/mol. The number of ether oxygens (including phenoxy) is 1. The molecule has 2 atom stereocenters. The number of hydrogen-bond donors (Lipinski definition) is 2. The summed E-state index contributed by atoms with van der Waals surface area (Å²) in [5, 5.41) is 7.41. The molecule has 0 aliphatic carbocycles. The highest BCUT2D eigenvalue weighted by atomic mass is 32.1. The van der Waals surface area contributed by atoms with Crippen LogP contribution in [0.2, 0.25) is 0 Å². The van der Waals surface area contributed by atoms with Crippen molar-refractivity contribution in [1.82, 2.24) is 10.2 Å². The Morgan fingerprint density at radius 3 is 2.36 bits per heavy atom. The number of benzene rings is 3. The Hall–Kier alpha value is -4.57. The minimum absolute atomic E-state index is 0.0450. The van der Waals surface area contributed by atoms with Crippen molar-refractivity contribution < 1.29 is 27.9 Å². The Morgan fingerprint density at radius 2 is 1.67 bits per heavy atom. The number of halogens is 2. The SMILES string of the molecule is O=C(Nc1ccc([C@H]2OC(=O)N(Cc3cccc(F)c3)[C@H]2C(=O)NCc2ccc(F)cc2)cc1)c1cccs1. The van der Waals surface area contributed by atoms with Gasteiger partial charge in [0.05, 0.1) is 11.4 Å². The van der Waals surface area contributed by atoms with E-state index >= 15 is 0 Å². The van der Waals surface area contributed by atoms with Crippen LogP contribution in [0.1, 0.15) is 32.5 Å². The zero-order valence-corrected chi connectivity index (χ0v) is 21.3. The van der Waals surface area contributed by atoms with Crippen LogP contribution in [0, 0.1) is 11.6 Å². The van der Waals surface area contributed by atoms with Crippen LogP contribution >= 0.6 is 11.3 Å². The molecule has 2 N–H and O–H groups in total. The quantitative estimate of drug-likeness (QED) is 0.298. The van der Waals surface area contributed by atoms with Crippen LogP contribution < -0.4 is 10.6 Å². The molecule has 0 bridgehead atoms. The molecule has 0 unspecified atom stereocenters. The van der Waals surface area contributed by atoms with Gasteiger partial charge in [0.15, 0.2) is 12.1 Å². The molecule has 2 heterocycles. The third kappa shape index (κ3) is 6.12. The van der Waals surface area contributed by atoms with Gasteiger partial charge in [-0.25, -0.2) is 13.6 Å². The van der Waals surface area contributed by atoms with Crippen molar-refractivity contribution in [3.05, 3.63) is 124 Å². The molecule has 39 heavy (non-hydrogen) atoms. The normalized spacial score (nSPS) is 16.6. The topological polar surface area (TPSA) is 87.7 Å². The predicted molar refractivity (Wildman–Crippen MR) is 142 cm³/mol. The smallest absolute Gasteiger partial charge is 0.411 e. The van der Waals surface area contributed by atoms with E-state index in [2.05, 4.69) is 10.6 Å². The van der Waals surface area contributed by atoms with E-state index in [9.17, 15) is 23.2 Å². The number of anilines is 1. The zero-order valence-electron chi connectivity index (χ0n) is 20.5. The molecule has 3 aromatic carbocycles. The first-order chi connectivity index (χ1) is 18.9. The van der Waals surface area contributed by atoms with Crippen LogP contribution in [0.15, 0.2) is 90.3 Å². The van der Waals surface area contributed by atoms with Crippen LogP contribution in [0.25, 0.3) is 0 Å². The van der Waals surface area contributed by atoms with E-state index < -0.39 is 35.8 Å². The molecule has 0 saturated carbocycles. The van der Waals surface area contributed by atoms with Crippen LogP contribution in [-0.4, -0.2) is 28.8 Å². The summed E-state index contributed by atoms with van der Waals surface area (Å²) in [7, 11) is 0. The lowest BCUT2D eigenvalue weighted by molar-refractivity contribution is -0.126. The summed E-state index contributed by atoms with van der Waals surface area (Å²) >= 11 is 1.32. The molecule has 3 amide bonds. The van der Waals surface area contributed by atoms with E-state index in [0.717, 1.165) is 0 Å². The molecule has 10 heteroatoms. The highest BCUT2D eigenvalue weighted by molar-refractivity contribution is 7.12. The number of carbonyl (C=O) groups is 3. The molecule has 1 saturated heterocycles. The summed E-state index contributed by atoms with van der Waals surface area (Å²) < 4.78 is 32.7. The summed E-state index contributed by atoms with van der Waals surface area (Å²) in [5.74, 6) is -1.59. The molecule has 1 aromatic heterocycles. The number of hydrogen-bond acceptors (Lipinski definition) is 5. The standard InChI is InChI=1S/C29H23F2N3O4S/c30-21-10-6-18(7-11-21)16-32-28(36)25-26(38-29(37)34(25)17-19-3-1-4-22(31)15-19)20-8-12-23(13-9-20)33-27(35)24-5-2-14-39-24/h1-15,25-26H,16-17H2,(H,32,36)(H,33,35)/t25-,26-/m1/s1. The molecule has 1 fully saturated rings. The molecular formula is C29H23F2N3O4S. The van der Waals surface area contributed by atoms with Crippen molar-refractivity contribution in [2.45, 2.75) is 25.2 Å². The summed E-state index contributed by atoms with van der Waals surface area (Å²) in [4.78, 5) is 40.6. The molecule has 1 aliphatic heterocycles. The van der Waals surface area contributed by atoms with E-state index in [0.29, 0.717) is 27.3 Å². The number of carbonyl (C=O) groups excluding carboxylic acids is 3. The van der Waals surface area contributed by atoms with Crippen molar-refractivity contribution in [1.29, 1.82) is 0 Å². The van der Waals surface area contributed by atoms with Crippen LogP contribution in [0.4, 0.5) is 19.3 Å². The zero-order chi connectivity index (χ0) is 27.4. The van der Waals surface area contributed by atoms with E-state index in [1.165, 1.54) is 46.6 Å². The average Bonchev–Trinajstić information content (AvgIpc) is 3.58. The van der Waals surface area contributed by atoms with E-state index in [4.69, 9.17) is 4.74 Å². The second-order valence-corrected chi connectivity index (χ2v) is 9.85. The second kappa shape index (κ2) is 11.4. The van der Waals surface area contributed by atoms with Gasteiger partial charge in [-0.1, -0.05) is 42.5 Å². The molecule has 0 radical (unpaired) electrons. The molecule has 198 valence electrons. The average molecular weight is 548 g/mol. The van der Waals surface area contributed by atoms with Gasteiger partial charge in [0.2, 0.25) is 5.91 Å². The van der Waals surface area contributed by atoms with Gasteiger partial charge in [-0.3, -0.25) is 14.5 Å². The fourth-order valence-corrected chi connectivity index (χ4v) is 4.91. The number of nitrogens with one attached hydrogen (secondary N) is 2. The molecule has 4 aromatic rings. The highest BCUT2D eigenvalue weighted by Crippen LogP contribution is 2.34. The fraction of sp³-hybridized carbons (Fsp3) is 0.138. The third-order valence-corrected chi connectivity index (χ3v) is 7.09. The Kier molecular flexibility index (Phi) is 7.64. The molecule has 7 nitrogen and oxygen atoms in total. The minimum Gasteiger partial charge on any atom is -0.438 e. The maximum Gasteiger partial charge on any atom is 0.411 e. The number of nitrogens with zero attached hydrogens (tertiary/aromatic N) is 1. The van der Waals surface area contributed by atoms with Gasteiger partial charge < -0.3 is 15.4 Å². The van der Waals surface area contributed by atoms with Crippen LogP contribution in [-0.2, 0) is 22.6 Å². The number of cyclic esters (lactones) is 1. The van der Waals surface area contributed by atoms with Gasteiger partial charge in [0.25, 0.3) is 5.91 Å². The van der Waals surface area contributed by atoms with E-state index in [-0.39, 0.29) is 19.0 Å². The van der Waals surface area contributed by atoms with Gasteiger partial charge >= 0.3 is 6.09 Å². The minimum atomic E-state index is -1.06. The summed E-state index contributed by atoms with van der Waals surface area (Å²) in [6, 6.07) is 20.6. The largest absolute Gasteiger partial charge is 0.438 e. The van der Waals surface area contributed by atoms with Gasteiger partial charge in [-0.15, -0.1) is 11.3 Å². The number of rotatable bonds is 8. The molecule has 0 spiro atoms. The third-order valence-electron chi connectivity index (χ3n) is 6.22. The first-order valence-corrected chi connectivity index (χ1v) is 12.9. The Labute approximate surface area is 227 Å². The van der Waals surface area contributed by atoms with Crippen molar-refractivity contribution >= 4 is 34.9 Å². The van der Waals surface area contributed by atoms with Crippen molar-refractivity contribution in [3.63, 3.8) is 0 Å². The first-order valence-electron chi connectivity index (χ1n) is 12.1. The Bertz CT molecular complexity index is 1480. The highest BCUT2D eigenvalue weighted by Gasteiger charge is 2.47. The van der Waals surface area contributed by atoms with Crippen molar-refractivity contribution in [2.75, 3.05) is 5.32 Å². The van der Waals surface area contributed by atoms with E-state index in [1.807, 2.05) is 5.38 Å². The number of amides is 3. The van der Waals surface area contributed by atoms with Crippen molar-refractivity contribution in [2.24, 2.45) is 0 Å². The number of thiophene rings is 1. The first kappa shape index (κ1) is 26.1. The van der Waals surface area contributed by atoms with Crippen molar-refractivity contribution in [3.8, 4) is 0 Å². The van der Waals surface area contributed by atoms with Crippen LogP contribution in [0.5, 0.6) is 0 Å². The molecule has 5 rings (SSSR count). The van der Waals surface area contributed by atoms with E-state index in [1.54, 1.807) is 54.6 Å². The maximum absolute atomic E-state index is 13.8. The fourth-order valence-electron chi connectivity index (χ4n) is 4.29.